The third-order valence-corrected chi connectivity index (χ3v) is 6.12. The fourth-order valence-electron chi connectivity index (χ4n) is 4.19. The zero-order chi connectivity index (χ0) is 23.5. The van der Waals surface area contributed by atoms with E-state index in [1.807, 2.05) is 0 Å². The Morgan fingerprint density at radius 2 is 1.82 bits per heavy atom. The number of halogens is 1. The Balaban J connectivity index is 1.77. The molecule has 1 fully saturated rings. The molecule has 1 aliphatic heterocycles. The first-order valence-electron chi connectivity index (χ1n) is 10.8. The number of phenolic OH excluding ortho intramolecular Hbond substituents is 1. The van der Waals surface area contributed by atoms with Gasteiger partial charge < -0.3 is 19.8 Å². The third kappa shape index (κ3) is 4.66. The van der Waals surface area contributed by atoms with Crippen molar-refractivity contribution in [3.8, 4) is 5.75 Å². The number of phenols is 1. The van der Waals surface area contributed by atoms with Gasteiger partial charge in [0.05, 0.1) is 12.7 Å². The number of fused-ring (bicyclic) bond motifs is 1. The number of carbonyl (C=O) groups excluding carboxylic acids is 2. The molecule has 1 amide bonds. The normalized spacial score (nSPS) is 14.5. The molecular formula is C25H25FN2O5. The van der Waals surface area contributed by atoms with Gasteiger partial charge >= 0.3 is 5.97 Å². The molecule has 0 atom stereocenters. The lowest BCUT2D eigenvalue weighted by molar-refractivity contribution is 0.0597. The first-order valence-corrected chi connectivity index (χ1v) is 10.8. The van der Waals surface area contributed by atoms with E-state index in [9.17, 15) is 24.2 Å². The Labute approximate surface area is 190 Å². The van der Waals surface area contributed by atoms with Crippen molar-refractivity contribution in [1.82, 2.24) is 9.88 Å². The molecule has 1 saturated heterocycles. The number of aliphatic hydroxyl groups is 1. The quantitative estimate of drug-likeness (QED) is 0.577. The summed E-state index contributed by atoms with van der Waals surface area (Å²) in [5.41, 5.74) is 1.89. The van der Waals surface area contributed by atoms with E-state index in [2.05, 4.69) is 4.98 Å². The summed E-state index contributed by atoms with van der Waals surface area (Å²) in [6.45, 7) is 1.07. The van der Waals surface area contributed by atoms with Crippen molar-refractivity contribution in [2.45, 2.75) is 19.3 Å². The molecule has 0 saturated carbocycles. The van der Waals surface area contributed by atoms with Crippen LogP contribution in [0.5, 0.6) is 5.75 Å². The highest BCUT2D eigenvalue weighted by atomic mass is 19.1. The molecule has 172 valence electrons. The molecule has 4 rings (SSSR count). The molecule has 0 spiro atoms. The summed E-state index contributed by atoms with van der Waals surface area (Å²) in [6.07, 6.45) is 3.40. The maximum atomic E-state index is 13.5. The third-order valence-electron chi connectivity index (χ3n) is 6.12. The summed E-state index contributed by atoms with van der Waals surface area (Å²) in [5, 5.41) is 20.5. The van der Waals surface area contributed by atoms with Crippen molar-refractivity contribution in [2.24, 2.45) is 5.92 Å². The first-order chi connectivity index (χ1) is 15.9. The minimum atomic E-state index is -0.764. The maximum absolute atomic E-state index is 13.5. The van der Waals surface area contributed by atoms with Crippen LogP contribution in [0.3, 0.4) is 0 Å². The fourth-order valence-corrected chi connectivity index (χ4v) is 4.19. The summed E-state index contributed by atoms with van der Waals surface area (Å²) in [6, 6.07) is 9.23. The number of benzene rings is 2. The molecule has 3 aromatic rings. The van der Waals surface area contributed by atoms with Crippen LogP contribution in [0, 0.1) is 11.7 Å². The molecule has 2 aromatic carbocycles. The number of rotatable bonds is 5. The predicted octanol–water partition coefficient (Wildman–Crippen LogP) is 3.30. The van der Waals surface area contributed by atoms with Crippen molar-refractivity contribution in [3.05, 3.63) is 70.7 Å². The second-order valence-corrected chi connectivity index (χ2v) is 8.27. The monoisotopic (exact) mass is 452 g/mol. The van der Waals surface area contributed by atoms with Crippen LogP contribution in [0.25, 0.3) is 10.9 Å². The number of aromatic nitrogens is 1. The van der Waals surface area contributed by atoms with E-state index in [1.165, 1.54) is 25.3 Å². The summed E-state index contributed by atoms with van der Waals surface area (Å²) in [4.78, 5) is 31.7. The number of pyridine rings is 1. The Morgan fingerprint density at radius 1 is 1.12 bits per heavy atom. The molecule has 2 heterocycles. The number of esters is 1. The lowest BCUT2D eigenvalue weighted by Gasteiger charge is -2.31. The Kier molecular flexibility index (Phi) is 6.55. The van der Waals surface area contributed by atoms with Gasteiger partial charge in [-0.25, -0.2) is 9.18 Å². The van der Waals surface area contributed by atoms with Crippen LogP contribution in [0.15, 0.2) is 42.6 Å². The lowest BCUT2D eigenvalue weighted by Crippen LogP contribution is -2.39. The van der Waals surface area contributed by atoms with Crippen LogP contribution >= 0.6 is 0 Å². The number of nitrogens with zero attached hydrogens (tertiary/aromatic N) is 2. The molecule has 0 unspecified atom stereocenters. The number of hydrogen-bond acceptors (Lipinski definition) is 6. The minimum absolute atomic E-state index is 0.0906. The Bertz CT molecular complexity index is 1190. The van der Waals surface area contributed by atoms with Gasteiger partial charge in [0.2, 0.25) is 0 Å². The van der Waals surface area contributed by atoms with E-state index < -0.39 is 5.97 Å². The zero-order valence-corrected chi connectivity index (χ0v) is 18.3. The van der Waals surface area contributed by atoms with Gasteiger partial charge in [-0.05, 0) is 60.6 Å². The average molecular weight is 452 g/mol. The van der Waals surface area contributed by atoms with Gasteiger partial charge in [0, 0.05) is 31.3 Å². The summed E-state index contributed by atoms with van der Waals surface area (Å²) >= 11 is 0. The number of ether oxygens (including phenoxy) is 1. The van der Waals surface area contributed by atoms with Gasteiger partial charge in [-0.15, -0.1) is 0 Å². The van der Waals surface area contributed by atoms with Crippen molar-refractivity contribution in [2.75, 3.05) is 26.8 Å². The van der Waals surface area contributed by atoms with E-state index in [1.54, 1.807) is 29.3 Å². The Hall–Kier alpha value is -3.52. The number of methoxy groups -OCH3 is 1. The number of hydrogen-bond donors (Lipinski definition) is 2. The molecular weight excluding hydrogens is 427 g/mol. The molecule has 2 N–H and O–H groups in total. The van der Waals surface area contributed by atoms with Gasteiger partial charge in [-0.3, -0.25) is 9.78 Å². The smallest absolute Gasteiger partial charge is 0.341 e. The number of piperidine rings is 1. The molecule has 33 heavy (non-hydrogen) atoms. The van der Waals surface area contributed by atoms with Crippen molar-refractivity contribution in [1.29, 1.82) is 0 Å². The first kappa shape index (κ1) is 22.7. The summed E-state index contributed by atoms with van der Waals surface area (Å²) < 4.78 is 18.0. The molecule has 0 bridgehead atoms. The summed E-state index contributed by atoms with van der Waals surface area (Å²) in [7, 11) is 1.20. The zero-order valence-electron chi connectivity index (χ0n) is 18.3. The standard InChI is InChI=1S/C25H25FN2O5/c1-33-25(32)21-12-20(24(31)28-8-6-16(14-29)7-9-28)19-11-17(13-27-22(19)23(21)30)10-15-2-4-18(26)5-3-15/h2-5,11-13,16,29-30H,6-10,14H2,1H3. The topological polar surface area (TPSA) is 100.0 Å². The van der Waals surface area contributed by atoms with Gasteiger partial charge in [-0.1, -0.05) is 12.1 Å². The summed E-state index contributed by atoms with van der Waals surface area (Å²) in [5.74, 6) is -1.55. The van der Waals surface area contributed by atoms with Crippen molar-refractivity contribution < 1.29 is 28.9 Å². The highest BCUT2D eigenvalue weighted by Gasteiger charge is 2.27. The van der Waals surface area contributed by atoms with Crippen LogP contribution in [0.2, 0.25) is 0 Å². The largest absolute Gasteiger partial charge is 0.505 e. The molecule has 7 nitrogen and oxygen atoms in total. The number of carbonyl (C=O) groups is 2. The predicted molar refractivity (Wildman–Crippen MR) is 120 cm³/mol. The molecule has 0 radical (unpaired) electrons. The fraction of sp³-hybridized carbons (Fsp3) is 0.320. The van der Waals surface area contributed by atoms with Gasteiger partial charge in [0.15, 0.2) is 5.75 Å². The van der Waals surface area contributed by atoms with Crippen LogP contribution in [-0.2, 0) is 11.2 Å². The number of likely N-dealkylation sites (tertiary alicyclic amines) is 1. The van der Waals surface area contributed by atoms with E-state index in [0.717, 1.165) is 11.1 Å². The van der Waals surface area contributed by atoms with Crippen molar-refractivity contribution in [3.63, 3.8) is 0 Å². The van der Waals surface area contributed by atoms with Crippen LogP contribution in [-0.4, -0.2) is 58.8 Å². The second kappa shape index (κ2) is 9.54. The van der Waals surface area contributed by atoms with Crippen LogP contribution < -0.4 is 0 Å². The highest BCUT2D eigenvalue weighted by Crippen LogP contribution is 2.33. The van der Waals surface area contributed by atoms with Crippen LogP contribution in [0.4, 0.5) is 4.39 Å². The molecule has 0 aliphatic carbocycles. The van der Waals surface area contributed by atoms with Crippen LogP contribution in [0.1, 0.15) is 44.7 Å². The molecule has 1 aliphatic rings. The van der Waals surface area contributed by atoms with Gasteiger partial charge in [0.1, 0.15) is 16.9 Å². The van der Waals surface area contributed by atoms with E-state index in [0.29, 0.717) is 37.7 Å². The van der Waals surface area contributed by atoms with E-state index in [-0.39, 0.29) is 46.6 Å². The van der Waals surface area contributed by atoms with E-state index in [4.69, 9.17) is 4.74 Å². The average Bonchev–Trinajstić information content (AvgIpc) is 2.85. The Morgan fingerprint density at radius 3 is 2.45 bits per heavy atom. The minimum Gasteiger partial charge on any atom is -0.505 e. The van der Waals surface area contributed by atoms with E-state index >= 15 is 0 Å². The molecule has 1 aromatic heterocycles. The van der Waals surface area contributed by atoms with Gasteiger partial charge in [-0.2, -0.15) is 0 Å². The lowest BCUT2D eigenvalue weighted by atomic mass is 9.95. The second-order valence-electron chi connectivity index (χ2n) is 8.27. The highest BCUT2D eigenvalue weighted by molar-refractivity contribution is 6.11. The SMILES string of the molecule is COC(=O)c1cc(C(=O)N2CCC(CO)CC2)c2cc(Cc3ccc(F)cc3)cnc2c1O. The maximum Gasteiger partial charge on any atom is 0.341 e. The number of aliphatic hydroxyl groups excluding tert-OH is 1. The van der Waals surface area contributed by atoms with Gasteiger partial charge in [0.25, 0.3) is 5.91 Å². The van der Waals surface area contributed by atoms with Crippen molar-refractivity contribution >= 4 is 22.8 Å². The molecule has 8 heteroatoms. The number of aromatic hydroxyl groups is 1. The number of amides is 1.